The molecule has 0 radical (unpaired) electrons. The first kappa shape index (κ1) is 21.9. The first-order valence-electron chi connectivity index (χ1n) is 12.0. The van der Waals surface area contributed by atoms with Gasteiger partial charge in [0, 0.05) is 31.2 Å². The first-order valence-corrected chi connectivity index (χ1v) is 12.0. The fourth-order valence-electron chi connectivity index (χ4n) is 5.63. The molecule has 6 heteroatoms. The van der Waals surface area contributed by atoms with E-state index in [2.05, 4.69) is 27.1 Å². The van der Waals surface area contributed by atoms with E-state index >= 15 is 0 Å². The highest BCUT2D eigenvalue weighted by atomic mass is 19.1. The maximum atomic E-state index is 13.6. The number of piperidine rings is 1. The maximum Gasteiger partial charge on any atom is 0.123 e. The summed E-state index contributed by atoms with van der Waals surface area (Å²) in [7, 11) is 0. The largest absolute Gasteiger partial charge is 0.296 e. The molecule has 0 saturated carbocycles. The number of benzene rings is 2. The highest BCUT2D eigenvalue weighted by molar-refractivity contribution is 5.62. The Hall–Kier alpha value is -3.64. The predicted octanol–water partition coefficient (Wildman–Crippen LogP) is 5.62. The second kappa shape index (κ2) is 8.86. The minimum Gasteiger partial charge on any atom is -0.296 e. The Morgan fingerprint density at radius 3 is 2.43 bits per heavy atom. The van der Waals surface area contributed by atoms with Crippen LogP contribution in [-0.2, 0) is 19.4 Å². The SMILES string of the molecule is Fc1ccc(CC23Cc4cnn(-c5ccc(F)cc5)c4C=C2CCN(Cc2ccccn2)C3)cc1. The van der Waals surface area contributed by atoms with Crippen LogP contribution in [0.5, 0.6) is 0 Å². The molecule has 3 heterocycles. The standard InChI is InChI=1S/C29H26F2N4/c30-24-6-4-21(5-7-24)16-29-17-22-18-33-35(27-10-8-25(31)9-11-27)28(22)15-23(29)12-14-34(20-29)19-26-3-1-2-13-32-26/h1-11,13,15,18H,12,14,16-17,19-20H2. The third-order valence-corrected chi connectivity index (χ3v) is 7.27. The molecule has 2 aromatic heterocycles. The van der Waals surface area contributed by atoms with Gasteiger partial charge in [0.2, 0.25) is 0 Å². The number of pyridine rings is 1. The number of hydrogen-bond acceptors (Lipinski definition) is 3. The molecule has 0 N–H and O–H groups in total. The summed E-state index contributed by atoms with van der Waals surface area (Å²) in [5.41, 5.74) is 6.59. The quantitative estimate of drug-likeness (QED) is 0.381. The smallest absolute Gasteiger partial charge is 0.123 e. The van der Waals surface area contributed by atoms with E-state index in [4.69, 9.17) is 0 Å². The molecule has 1 aliphatic carbocycles. The molecule has 1 atom stereocenters. The minimum atomic E-state index is -0.258. The lowest BCUT2D eigenvalue weighted by Gasteiger charge is -2.47. The average Bonchev–Trinajstić information content (AvgIpc) is 3.27. The van der Waals surface area contributed by atoms with Crippen molar-refractivity contribution in [3.05, 3.63) is 119 Å². The van der Waals surface area contributed by atoms with E-state index < -0.39 is 0 Å². The van der Waals surface area contributed by atoms with Crippen molar-refractivity contribution in [2.45, 2.75) is 25.8 Å². The molecule has 0 spiro atoms. The zero-order valence-corrected chi connectivity index (χ0v) is 19.4. The Morgan fingerprint density at radius 1 is 0.914 bits per heavy atom. The third kappa shape index (κ3) is 4.30. The van der Waals surface area contributed by atoms with E-state index in [1.165, 1.54) is 23.3 Å². The Kier molecular flexibility index (Phi) is 5.53. The molecule has 0 amide bonds. The van der Waals surface area contributed by atoms with Crippen molar-refractivity contribution < 1.29 is 8.78 Å². The lowest BCUT2D eigenvalue weighted by molar-refractivity contribution is 0.130. The summed E-state index contributed by atoms with van der Waals surface area (Å²) in [5.74, 6) is -0.472. The van der Waals surface area contributed by atoms with Gasteiger partial charge in [0.05, 0.1) is 23.3 Å². The fourth-order valence-corrected chi connectivity index (χ4v) is 5.63. The van der Waals surface area contributed by atoms with Crippen molar-refractivity contribution >= 4 is 6.08 Å². The van der Waals surface area contributed by atoms with Gasteiger partial charge in [0.1, 0.15) is 11.6 Å². The second-order valence-electron chi connectivity index (χ2n) is 9.65. The van der Waals surface area contributed by atoms with E-state index in [1.54, 1.807) is 24.3 Å². The average molecular weight is 469 g/mol. The molecule has 4 aromatic rings. The fraction of sp³-hybridized carbons (Fsp3) is 0.241. The van der Waals surface area contributed by atoms with Crippen molar-refractivity contribution in [2.24, 2.45) is 5.41 Å². The van der Waals surface area contributed by atoms with Gasteiger partial charge < -0.3 is 0 Å². The summed E-state index contributed by atoms with van der Waals surface area (Å²) < 4.78 is 29.0. The highest BCUT2D eigenvalue weighted by Crippen LogP contribution is 2.46. The maximum absolute atomic E-state index is 13.6. The molecule has 176 valence electrons. The molecule has 0 bridgehead atoms. The van der Waals surface area contributed by atoms with E-state index in [0.29, 0.717) is 0 Å². The molecule has 1 aliphatic heterocycles. The normalized spacial score (nSPS) is 19.7. The van der Waals surface area contributed by atoms with Crippen LogP contribution in [0.25, 0.3) is 11.8 Å². The molecule has 1 saturated heterocycles. The molecule has 2 aromatic carbocycles. The van der Waals surface area contributed by atoms with Crippen LogP contribution in [0.2, 0.25) is 0 Å². The Balaban J connectivity index is 1.36. The van der Waals surface area contributed by atoms with Crippen molar-refractivity contribution in [3.8, 4) is 5.69 Å². The summed E-state index contributed by atoms with van der Waals surface area (Å²) in [5, 5.41) is 4.67. The van der Waals surface area contributed by atoms with Gasteiger partial charge in [-0.15, -0.1) is 0 Å². The van der Waals surface area contributed by atoms with Crippen LogP contribution >= 0.6 is 0 Å². The van der Waals surface area contributed by atoms with E-state index in [1.807, 2.05) is 41.3 Å². The monoisotopic (exact) mass is 468 g/mol. The highest BCUT2D eigenvalue weighted by Gasteiger charge is 2.43. The number of likely N-dealkylation sites (tertiary alicyclic amines) is 1. The molecule has 4 nitrogen and oxygen atoms in total. The van der Waals surface area contributed by atoms with Crippen LogP contribution in [0.3, 0.4) is 0 Å². The van der Waals surface area contributed by atoms with Gasteiger partial charge in [0.25, 0.3) is 0 Å². The van der Waals surface area contributed by atoms with Crippen LogP contribution in [0.15, 0.2) is 84.7 Å². The van der Waals surface area contributed by atoms with Gasteiger partial charge >= 0.3 is 0 Å². The first-order chi connectivity index (χ1) is 17.1. The Bertz CT molecular complexity index is 1360. The van der Waals surface area contributed by atoms with Gasteiger partial charge in [-0.2, -0.15) is 5.10 Å². The number of nitrogens with zero attached hydrogens (tertiary/aromatic N) is 4. The van der Waals surface area contributed by atoms with Crippen molar-refractivity contribution in [2.75, 3.05) is 13.1 Å². The minimum absolute atomic E-state index is 0.103. The third-order valence-electron chi connectivity index (χ3n) is 7.27. The number of aromatic nitrogens is 3. The second-order valence-corrected chi connectivity index (χ2v) is 9.65. The lowest BCUT2D eigenvalue weighted by atomic mass is 9.65. The van der Waals surface area contributed by atoms with Crippen LogP contribution in [-0.4, -0.2) is 32.8 Å². The molecular weight excluding hydrogens is 442 g/mol. The van der Waals surface area contributed by atoms with Crippen LogP contribution in [0.4, 0.5) is 8.78 Å². The van der Waals surface area contributed by atoms with Gasteiger partial charge in [-0.25, -0.2) is 13.5 Å². The van der Waals surface area contributed by atoms with E-state index in [0.717, 1.165) is 61.5 Å². The number of rotatable bonds is 5. The summed E-state index contributed by atoms with van der Waals surface area (Å²) in [4.78, 5) is 7.02. The summed E-state index contributed by atoms with van der Waals surface area (Å²) in [6.45, 7) is 2.66. The summed E-state index contributed by atoms with van der Waals surface area (Å²) >= 11 is 0. The predicted molar refractivity (Wildman–Crippen MR) is 132 cm³/mol. The summed E-state index contributed by atoms with van der Waals surface area (Å²) in [6.07, 6.45) is 8.70. The van der Waals surface area contributed by atoms with Crippen LogP contribution in [0.1, 0.15) is 28.9 Å². The van der Waals surface area contributed by atoms with E-state index in [-0.39, 0.29) is 17.0 Å². The van der Waals surface area contributed by atoms with Gasteiger partial charge in [-0.1, -0.05) is 23.8 Å². The van der Waals surface area contributed by atoms with Gasteiger partial charge in [-0.3, -0.25) is 9.88 Å². The molecule has 6 rings (SSSR count). The van der Waals surface area contributed by atoms with Crippen molar-refractivity contribution in [1.82, 2.24) is 19.7 Å². The van der Waals surface area contributed by atoms with Gasteiger partial charge in [0.15, 0.2) is 0 Å². The molecular formula is C29H26F2N4. The molecule has 1 unspecified atom stereocenters. The van der Waals surface area contributed by atoms with Crippen molar-refractivity contribution in [3.63, 3.8) is 0 Å². The summed E-state index contributed by atoms with van der Waals surface area (Å²) in [6, 6.07) is 19.4. The molecule has 1 fully saturated rings. The zero-order chi connectivity index (χ0) is 23.8. The zero-order valence-electron chi connectivity index (χ0n) is 19.4. The van der Waals surface area contributed by atoms with Crippen LogP contribution < -0.4 is 0 Å². The Labute approximate surface area is 203 Å². The topological polar surface area (TPSA) is 34.0 Å². The van der Waals surface area contributed by atoms with Gasteiger partial charge in [-0.05, 0) is 85.0 Å². The lowest BCUT2D eigenvalue weighted by Crippen LogP contribution is -2.48. The van der Waals surface area contributed by atoms with E-state index in [9.17, 15) is 8.78 Å². The van der Waals surface area contributed by atoms with Crippen molar-refractivity contribution in [1.29, 1.82) is 0 Å². The Morgan fingerprint density at radius 2 is 1.69 bits per heavy atom. The number of fused-ring (bicyclic) bond motifs is 2. The number of halogens is 2. The van der Waals surface area contributed by atoms with Crippen LogP contribution in [0, 0.1) is 17.0 Å². The molecule has 2 aliphatic rings. The number of hydrogen-bond donors (Lipinski definition) is 0. The molecule has 35 heavy (non-hydrogen) atoms.